The number of carbonyl (C=O) groups excluding carboxylic acids is 2. The number of carbonyl (C=O) groups is 2. The first-order valence-electron chi connectivity index (χ1n) is 13.6. The van der Waals surface area contributed by atoms with Crippen molar-refractivity contribution in [2.75, 3.05) is 10.8 Å². The number of benzene rings is 3. The number of nitrogens with one attached hydrogen (secondary N) is 1. The quantitative estimate of drug-likeness (QED) is 0.275. The van der Waals surface area contributed by atoms with Gasteiger partial charge in [0.05, 0.1) is 10.6 Å². The van der Waals surface area contributed by atoms with E-state index >= 15 is 0 Å². The molecule has 3 rings (SSSR count). The first kappa shape index (κ1) is 32.1. The zero-order valence-corrected chi connectivity index (χ0v) is 25.6. The second-order valence-corrected chi connectivity index (χ2v) is 12.4. The minimum Gasteiger partial charge on any atom is -0.352 e. The fourth-order valence-corrected chi connectivity index (χ4v) is 5.83. The Balaban J connectivity index is 2.08. The SMILES string of the molecule is CC[C@@H](C)NC(=O)[C@@H](CC)N(Cc1ccc(F)cc1)C(=O)CN(c1ccc(C)c(Cl)c1)S(=O)(=O)c1ccc(C)cc1. The number of halogens is 2. The number of aryl methyl sites for hydroxylation is 2. The summed E-state index contributed by atoms with van der Waals surface area (Å²) in [7, 11) is -4.21. The van der Waals surface area contributed by atoms with E-state index in [0.717, 1.165) is 15.4 Å². The molecule has 3 aromatic rings. The predicted molar refractivity (Wildman–Crippen MR) is 161 cm³/mol. The average Bonchev–Trinajstić information content (AvgIpc) is 2.94. The summed E-state index contributed by atoms with van der Waals surface area (Å²) >= 11 is 6.37. The largest absolute Gasteiger partial charge is 0.352 e. The van der Waals surface area contributed by atoms with Gasteiger partial charge in [0, 0.05) is 17.6 Å². The third-order valence-corrected chi connectivity index (χ3v) is 9.18. The Morgan fingerprint density at radius 2 is 1.59 bits per heavy atom. The molecule has 41 heavy (non-hydrogen) atoms. The molecule has 10 heteroatoms. The molecule has 0 saturated carbocycles. The maximum Gasteiger partial charge on any atom is 0.264 e. The molecule has 0 aliphatic heterocycles. The summed E-state index contributed by atoms with van der Waals surface area (Å²) in [5.41, 5.74) is 2.45. The topological polar surface area (TPSA) is 86.8 Å². The lowest BCUT2D eigenvalue weighted by atomic mass is 10.1. The van der Waals surface area contributed by atoms with Crippen molar-refractivity contribution in [3.05, 3.63) is 94.3 Å². The number of rotatable bonds is 12. The van der Waals surface area contributed by atoms with E-state index in [4.69, 9.17) is 11.6 Å². The molecular formula is C31H37ClFN3O4S. The Bertz CT molecular complexity index is 1460. The van der Waals surface area contributed by atoms with Crippen LogP contribution in [0.25, 0.3) is 0 Å². The van der Waals surface area contributed by atoms with Crippen LogP contribution in [0, 0.1) is 19.7 Å². The fraction of sp³-hybridized carbons (Fsp3) is 0.355. The van der Waals surface area contributed by atoms with Gasteiger partial charge in [0.25, 0.3) is 10.0 Å². The molecule has 0 aliphatic rings. The molecule has 7 nitrogen and oxygen atoms in total. The van der Waals surface area contributed by atoms with E-state index in [2.05, 4.69) is 5.32 Å². The van der Waals surface area contributed by atoms with Crippen LogP contribution >= 0.6 is 11.6 Å². The van der Waals surface area contributed by atoms with Crippen molar-refractivity contribution < 1.29 is 22.4 Å². The van der Waals surface area contributed by atoms with Crippen LogP contribution in [0.5, 0.6) is 0 Å². The van der Waals surface area contributed by atoms with Gasteiger partial charge < -0.3 is 10.2 Å². The molecule has 1 N–H and O–H groups in total. The summed E-state index contributed by atoms with van der Waals surface area (Å²) < 4.78 is 42.5. The van der Waals surface area contributed by atoms with Gasteiger partial charge >= 0.3 is 0 Å². The molecule has 0 bridgehead atoms. The van der Waals surface area contributed by atoms with Crippen molar-refractivity contribution >= 4 is 39.1 Å². The highest BCUT2D eigenvalue weighted by atomic mass is 35.5. The number of hydrogen-bond acceptors (Lipinski definition) is 4. The highest BCUT2D eigenvalue weighted by Gasteiger charge is 2.34. The maximum absolute atomic E-state index is 14.1. The van der Waals surface area contributed by atoms with Crippen LogP contribution in [0.4, 0.5) is 10.1 Å². The average molecular weight is 602 g/mol. The summed E-state index contributed by atoms with van der Waals surface area (Å²) in [6, 6.07) is 15.8. The van der Waals surface area contributed by atoms with Crippen LogP contribution in [0.2, 0.25) is 5.02 Å². The zero-order valence-electron chi connectivity index (χ0n) is 24.0. The smallest absolute Gasteiger partial charge is 0.264 e. The second kappa shape index (κ2) is 14.0. The molecule has 0 unspecified atom stereocenters. The molecular weight excluding hydrogens is 565 g/mol. The van der Waals surface area contributed by atoms with Crippen molar-refractivity contribution in [3.63, 3.8) is 0 Å². The molecule has 3 aromatic carbocycles. The third-order valence-electron chi connectivity index (χ3n) is 6.98. The molecule has 220 valence electrons. The lowest BCUT2D eigenvalue weighted by Gasteiger charge is -2.33. The van der Waals surface area contributed by atoms with E-state index in [-0.39, 0.29) is 35.5 Å². The van der Waals surface area contributed by atoms with Gasteiger partial charge in [-0.05, 0) is 81.1 Å². The molecule has 0 radical (unpaired) electrons. The third kappa shape index (κ3) is 8.07. The van der Waals surface area contributed by atoms with E-state index in [1.165, 1.54) is 47.4 Å². The van der Waals surface area contributed by atoms with Crippen LogP contribution in [0.1, 0.15) is 50.3 Å². The Labute approximate surface area is 247 Å². The van der Waals surface area contributed by atoms with Gasteiger partial charge in [-0.2, -0.15) is 0 Å². The van der Waals surface area contributed by atoms with Gasteiger partial charge in [-0.1, -0.05) is 61.3 Å². The van der Waals surface area contributed by atoms with Gasteiger partial charge in [-0.25, -0.2) is 12.8 Å². The van der Waals surface area contributed by atoms with Gasteiger partial charge in [0.2, 0.25) is 11.8 Å². The minimum absolute atomic E-state index is 0.0132. The van der Waals surface area contributed by atoms with E-state index < -0.39 is 34.3 Å². The summed E-state index contributed by atoms with van der Waals surface area (Å²) in [6.45, 7) is 8.64. The molecule has 0 heterocycles. The van der Waals surface area contributed by atoms with Crippen molar-refractivity contribution in [1.82, 2.24) is 10.2 Å². The minimum atomic E-state index is -4.21. The predicted octanol–water partition coefficient (Wildman–Crippen LogP) is 6.01. The van der Waals surface area contributed by atoms with Crippen LogP contribution in [0.3, 0.4) is 0 Å². The molecule has 2 atom stereocenters. The summed E-state index contributed by atoms with van der Waals surface area (Å²) in [5, 5.41) is 3.28. The van der Waals surface area contributed by atoms with Crippen LogP contribution in [-0.4, -0.2) is 43.8 Å². The van der Waals surface area contributed by atoms with Crippen molar-refractivity contribution in [2.45, 2.75) is 71.0 Å². The van der Waals surface area contributed by atoms with Gasteiger partial charge in [-0.15, -0.1) is 0 Å². The molecule has 0 fully saturated rings. The summed E-state index contributed by atoms with van der Waals surface area (Å²) in [4.78, 5) is 28.8. The van der Waals surface area contributed by atoms with E-state index in [0.29, 0.717) is 17.0 Å². The molecule has 0 saturated heterocycles. The van der Waals surface area contributed by atoms with Crippen LogP contribution < -0.4 is 9.62 Å². The number of amides is 2. The molecule has 2 amide bonds. The number of anilines is 1. The highest BCUT2D eigenvalue weighted by molar-refractivity contribution is 7.92. The lowest BCUT2D eigenvalue weighted by molar-refractivity contribution is -0.140. The zero-order chi connectivity index (χ0) is 30.3. The Morgan fingerprint density at radius 1 is 0.951 bits per heavy atom. The van der Waals surface area contributed by atoms with Gasteiger partial charge in [0.15, 0.2) is 0 Å². The van der Waals surface area contributed by atoms with Crippen molar-refractivity contribution in [3.8, 4) is 0 Å². The summed E-state index contributed by atoms with van der Waals surface area (Å²) in [6.07, 6.45) is 0.987. The Hall–Kier alpha value is -3.43. The number of nitrogens with zero attached hydrogens (tertiary/aromatic N) is 2. The highest BCUT2D eigenvalue weighted by Crippen LogP contribution is 2.29. The Morgan fingerprint density at radius 3 is 2.15 bits per heavy atom. The van der Waals surface area contributed by atoms with Crippen LogP contribution in [-0.2, 0) is 26.2 Å². The van der Waals surface area contributed by atoms with Gasteiger partial charge in [0.1, 0.15) is 18.4 Å². The maximum atomic E-state index is 14.1. The standard InChI is InChI=1S/C31H37ClFN3O4S/c1-6-23(5)34-31(38)29(7-2)35(19-24-11-13-25(33)14-12-24)30(37)20-36(26-15-10-22(4)28(32)18-26)41(39,40)27-16-8-21(3)9-17-27/h8-18,23,29H,6-7,19-20H2,1-5H3,(H,34,38)/t23-,29-/m1/s1. The van der Waals surface area contributed by atoms with E-state index in [9.17, 15) is 22.4 Å². The first-order chi connectivity index (χ1) is 19.4. The Kier molecular flexibility index (Phi) is 10.9. The fourth-order valence-electron chi connectivity index (χ4n) is 4.25. The molecule has 0 spiro atoms. The number of sulfonamides is 1. The van der Waals surface area contributed by atoms with Crippen LogP contribution in [0.15, 0.2) is 71.6 Å². The normalized spacial score (nSPS) is 12.9. The second-order valence-electron chi connectivity index (χ2n) is 10.1. The molecule has 0 aromatic heterocycles. The lowest BCUT2D eigenvalue weighted by Crippen LogP contribution is -2.53. The van der Waals surface area contributed by atoms with E-state index in [1.54, 1.807) is 38.1 Å². The summed E-state index contributed by atoms with van der Waals surface area (Å²) in [5.74, 6) is -1.36. The van der Waals surface area contributed by atoms with Crippen molar-refractivity contribution in [1.29, 1.82) is 0 Å². The van der Waals surface area contributed by atoms with E-state index in [1.807, 2.05) is 20.8 Å². The monoisotopic (exact) mass is 601 g/mol. The number of hydrogen-bond donors (Lipinski definition) is 1. The first-order valence-corrected chi connectivity index (χ1v) is 15.4. The molecule has 0 aliphatic carbocycles. The van der Waals surface area contributed by atoms with Gasteiger partial charge in [-0.3, -0.25) is 13.9 Å². The van der Waals surface area contributed by atoms with Crippen molar-refractivity contribution in [2.24, 2.45) is 0 Å².